The van der Waals surface area contributed by atoms with Gasteiger partial charge in [-0.15, -0.1) is 5.60 Å². The monoisotopic (exact) mass is 987 g/mol. The number of aliphatic hydroxyl groups excluding tert-OH is 1. The Hall–Kier alpha value is -0.999. The number of halogens is 3. The van der Waals surface area contributed by atoms with Crippen LogP contribution in [0, 0.1) is 0 Å². The zero-order valence-electron chi connectivity index (χ0n) is 48.0. The first-order valence-corrected chi connectivity index (χ1v) is 21.1. The van der Waals surface area contributed by atoms with Crippen LogP contribution in [-0.4, -0.2) is 111 Å². The fourth-order valence-corrected chi connectivity index (χ4v) is 0. The Morgan fingerprint density at radius 2 is 0.698 bits per heavy atom. The average molecular weight is 987 g/mol. The molecule has 0 aromatic heterocycles. The van der Waals surface area contributed by atoms with Crippen molar-refractivity contribution in [2.24, 2.45) is 0 Å². The molecule has 0 fully saturated rings. The first kappa shape index (κ1) is 131. The SMILES string of the molecule is C/C=C/C.CB(O)O.CC.CC.CC.CC.CC.CC.CC.CC(=O)O.CC(C)(C)[O-].CC=O.CCC.CF.CO.COC(C)(F)F.COC(C)=O.COC(C)=O.COC(C)=S.[K+]. The number of alkyl halides is 3. The molecule has 0 bridgehead atoms. The maximum Gasteiger partial charge on any atom is 1.00 e. The molecule has 0 aliphatic carbocycles. The van der Waals surface area contributed by atoms with Crippen molar-refractivity contribution in [1.82, 2.24) is 0 Å². The third-order valence-corrected chi connectivity index (χ3v) is 1.72. The van der Waals surface area contributed by atoms with E-state index < -0.39 is 24.8 Å². The van der Waals surface area contributed by atoms with E-state index in [-0.39, 0.29) is 63.3 Å². The van der Waals surface area contributed by atoms with E-state index in [4.69, 9.17) is 29.9 Å². The minimum atomic E-state index is -2.96. The summed E-state index contributed by atoms with van der Waals surface area (Å²) in [6.07, 6.45) is 3.04. The fraction of sp³-hybridized carbons (Fsp3) is 0.841. The Labute approximate surface area is 440 Å². The number of carbonyl (C=O) groups excluding carboxylic acids is 3. The first-order chi connectivity index (χ1) is 28.6. The molecule has 13 nitrogen and oxygen atoms in total. The summed E-state index contributed by atoms with van der Waals surface area (Å²) in [6.45, 7) is 50.1. The molecule has 0 atom stereocenters. The Kier molecular flexibility index (Phi) is 394. The number of thiocarbonyl (C=S) groups is 1. The van der Waals surface area contributed by atoms with Gasteiger partial charge in [0.25, 0.3) is 5.97 Å². The molecule has 19 heteroatoms. The molecule has 4 N–H and O–H groups in total. The number of carboxylic acid groups (broad SMARTS) is 1. The van der Waals surface area contributed by atoms with Gasteiger partial charge in [-0.2, -0.15) is 8.78 Å². The number of carbonyl (C=O) groups is 4. The second-order valence-electron chi connectivity index (χ2n) is 7.97. The van der Waals surface area contributed by atoms with Gasteiger partial charge >= 0.3 is 76.6 Å². The van der Waals surface area contributed by atoms with E-state index in [1.165, 1.54) is 48.2 Å². The Bertz CT molecular complexity index is 583. The van der Waals surface area contributed by atoms with Crippen molar-refractivity contribution >= 4 is 48.6 Å². The topological polar surface area (TPSA) is 209 Å². The van der Waals surface area contributed by atoms with Gasteiger partial charge in [0.15, 0.2) is 5.05 Å². The standard InChI is InChI=1S/C4H9O.C4H8.C3H6F2O.2C3H6O2.C3H6OS.C3H8.C2H4O2.C2H4O.7C2H6.CH5BO2.CH3F.CH4O.K/c1-4(2,3)5;1-3-4-2;1-3(4,5)6-2;2*1-3(4)5-2;1-3(5)4-2;1-3-2;1-2(3)4;1-2-3;7*1-2;1-2(3)4;2*1-2;/h1-3H3;3-4H,1-2H3;1-2H3;3*1-2H3;3H2,1-2H3;1H3,(H,3,4);2H,1H3;7*1-2H3;3-4H,1H3;1H3;2H,1H3;/q-1;;;;;;;;;;;;;;;;;;;+1/b;4-3+;;;;;;;;;;;;;;;;;;. The number of hydrogen-bond donors (Lipinski definition) is 4. The Morgan fingerprint density at radius 1 is 0.635 bits per heavy atom. The van der Waals surface area contributed by atoms with Crippen LogP contribution >= 0.6 is 12.2 Å². The predicted octanol–water partition coefficient (Wildman–Crippen LogP) is 9.49. The minimum absolute atomic E-state index is 0. The molecule has 0 saturated carbocycles. The summed E-state index contributed by atoms with van der Waals surface area (Å²) < 4.78 is 48.3. The number of aliphatic hydroxyl groups is 1. The molecule has 0 aliphatic heterocycles. The smallest absolute Gasteiger partial charge is 0.850 e. The van der Waals surface area contributed by atoms with E-state index in [2.05, 4.69) is 45.0 Å². The van der Waals surface area contributed by atoms with Crippen molar-refractivity contribution in [1.29, 1.82) is 0 Å². The van der Waals surface area contributed by atoms with Crippen LogP contribution in [0.3, 0.4) is 0 Å². The van der Waals surface area contributed by atoms with Gasteiger partial charge in [-0.25, -0.2) is 0 Å². The van der Waals surface area contributed by atoms with Gasteiger partial charge in [-0.1, -0.05) is 150 Å². The number of esters is 2. The molecule has 396 valence electrons. The van der Waals surface area contributed by atoms with Crippen LogP contribution in [-0.2, 0) is 38.1 Å². The van der Waals surface area contributed by atoms with Gasteiger partial charge in [-0.05, 0) is 39.8 Å². The minimum Gasteiger partial charge on any atom is -0.850 e. The van der Waals surface area contributed by atoms with E-state index in [1.54, 1.807) is 34.8 Å². The molecule has 0 radical (unpaired) electrons. The predicted molar refractivity (Wildman–Crippen MR) is 270 cm³/mol. The zero-order valence-corrected chi connectivity index (χ0v) is 52.0. The van der Waals surface area contributed by atoms with Crippen LogP contribution in [0.1, 0.15) is 193 Å². The second kappa shape index (κ2) is 190. The van der Waals surface area contributed by atoms with Crippen LogP contribution in [0.25, 0.3) is 0 Å². The van der Waals surface area contributed by atoms with Gasteiger partial charge in [0.2, 0.25) is 0 Å². The van der Waals surface area contributed by atoms with Crippen LogP contribution in [0.15, 0.2) is 12.2 Å². The van der Waals surface area contributed by atoms with Crippen molar-refractivity contribution in [3.8, 4) is 0 Å². The molecule has 0 saturated heterocycles. The number of carboxylic acids is 1. The maximum absolute atomic E-state index is 11.2. The van der Waals surface area contributed by atoms with E-state index >= 15 is 0 Å². The van der Waals surface area contributed by atoms with Crippen molar-refractivity contribution in [2.75, 3.05) is 42.7 Å². The van der Waals surface area contributed by atoms with Gasteiger partial charge < -0.3 is 49.1 Å². The van der Waals surface area contributed by atoms with Crippen LogP contribution in [0.4, 0.5) is 13.2 Å². The van der Waals surface area contributed by atoms with E-state index in [1.807, 2.05) is 123 Å². The molecule has 0 aromatic carbocycles. The maximum atomic E-state index is 11.2. The number of hydrogen-bond acceptors (Lipinski definition) is 13. The molecule has 0 amide bonds. The normalized spacial score (nSPS) is 6.49. The summed E-state index contributed by atoms with van der Waals surface area (Å²) >= 11 is 4.47. The molecule has 0 aromatic rings. The Morgan fingerprint density at radius 3 is 0.698 bits per heavy atom. The van der Waals surface area contributed by atoms with Crippen LogP contribution < -0.4 is 56.5 Å². The summed E-state index contributed by atoms with van der Waals surface area (Å²) in [5.41, 5.74) is -0.750. The number of aldehydes is 1. The number of rotatable bonds is 1. The van der Waals surface area contributed by atoms with Gasteiger partial charge in [0.05, 0.1) is 28.5 Å². The summed E-state index contributed by atoms with van der Waals surface area (Å²) in [5.74, 6) is -1.32. The number of aliphatic carboxylic acids is 1. The third kappa shape index (κ3) is 2620. The zero-order chi connectivity index (χ0) is 56.5. The third-order valence-electron chi connectivity index (χ3n) is 1.55. The fourth-order valence-electron chi connectivity index (χ4n) is 0. The second-order valence-corrected chi connectivity index (χ2v) is 8.55. The number of allylic oxidation sites excluding steroid dienone is 2. The molecule has 0 heterocycles. The van der Waals surface area contributed by atoms with Crippen molar-refractivity contribution < 1.29 is 128 Å². The van der Waals surface area contributed by atoms with Gasteiger partial charge in [0, 0.05) is 48.8 Å². The average Bonchev–Trinajstić information content (AvgIpc) is 3.24. The first-order valence-electron chi connectivity index (χ1n) is 20.7. The van der Waals surface area contributed by atoms with E-state index in [9.17, 15) is 27.9 Å². The van der Waals surface area contributed by atoms with Crippen molar-refractivity contribution in [3.05, 3.63) is 12.2 Å². The van der Waals surface area contributed by atoms with Crippen LogP contribution in [0.2, 0.25) is 6.82 Å². The summed E-state index contributed by atoms with van der Waals surface area (Å²) in [7, 11) is 5.55. The molecule has 0 spiro atoms. The molecule has 0 unspecified atom stereocenters. The van der Waals surface area contributed by atoms with Crippen LogP contribution in [0.5, 0.6) is 0 Å². The van der Waals surface area contributed by atoms with Gasteiger partial charge in [-0.3, -0.25) is 18.8 Å². The molecule has 0 aliphatic rings. The Balaban J connectivity index is -0.0000000174. The van der Waals surface area contributed by atoms with Crippen molar-refractivity contribution in [2.45, 2.75) is 212 Å². The molecule has 63 heavy (non-hydrogen) atoms. The molecular weight excluding hydrogens is 875 g/mol. The van der Waals surface area contributed by atoms with E-state index in [0.717, 1.165) is 27.4 Å². The number of ether oxygens (including phenoxy) is 4. The van der Waals surface area contributed by atoms with Gasteiger partial charge in [0.1, 0.15) is 6.29 Å². The van der Waals surface area contributed by atoms with Crippen molar-refractivity contribution in [3.63, 3.8) is 0 Å². The van der Waals surface area contributed by atoms with E-state index in [0.29, 0.717) is 19.2 Å². The molecular formula is C44H111BF3KO13S. The summed E-state index contributed by atoms with van der Waals surface area (Å²) in [5, 5.41) is 40.3. The largest absolute Gasteiger partial charge is 1.00 e. The quantitative estimate of drug-likeness (QED) is 0.0635. The summed E-state index contributed by atoms with van der Waals surface area (Å²) in [4.78, 5) is 37.0. The number of methoxy groups -OCH3 is 4. The summed E-state index contributed by atoms with van der Waals surface area (Å²) in [6, 6.07) is 0. The molecule has 0 rings (SSSR count).